The lowest BCUT2D eigenvalue weighted by Crippen LogP contribution is -2.33. The number of thiophene rings is 1. The van der Waals surface area contributed by atoms with E-state index in [1.165, 1.54) is 7.05 Å². The second-order valence-corrected chi connectivity index (χ2v) is 8.14. The number of amides is 2. The van der Waals surface area contributed by atoms with E-state index >= 15 is 0 Å². The summed E-state index contributed by atoms with van der Waals surface area (Å²) in [6.07, 6.45) is 0. The Morgan fingerprint density at radius 2 is 1.80 bits per heavy atom. The lowest BCUT2D eigenvalue weighted by atomic mass is 9.96. The normalized spacial score (nSPS) is 11.8. The molecular formula is C22H29N3O4S. The number of nitrogens with one attached hydrogen (secondary N) is 3. The third-order valence-corrected chi connectivity index (χ3v) is 5.83. The van der Waals surface area contributed by atoms with Gasteiger partial charge in [0.15, 0.2) is 0 Å². The van der Waals surface area contributed by atoms with Crippen LogP contribution in [0, 0.1) is 12.8 Å². The van der Waals surface area contributed by atoms with Gasteiger partial charge in [-0.1, -0.05) is 44.2 Å². The fourth-order valence-electron chi connectivity index (χ4n) is 3.15. The van der Waals surface area contributed by atoms with Gasteiger partial charge in [-0.05, 0) is 30.9 Å². The molecule has 0 fully saturated rings. The molecule has 0 saturated carbocycles. The van der Waals surface area contributed by atoms with Crippen LogP contribution in [0.15, 0.2) is 30.3 Å². The average Bonchev–Trinajstić information content (AvgIpc) is 3.04. The number of anilines is 1. The van der Waals surface area contributed by atoms with Crippen molar-refractivity contribution in [3.05, 3.63) is 51.9 Å². The Balaban J connectivity index is 2.19. The highest BCUT2D eigenvalue weighted by atomic mass is 32.1. The fourth-order valence-corrected chi connectivity index (χ4v) is 4.31. The summed E-state index contributed by atoms with van der Waals surface area (Å²) < 4.78 is 5.11. The van der Waals surface area contributed by atoms with Crippen LogP contribution in [0.3, 0.4) is 0 Å². The van der Waals surface area contributed by atoms with E-state index in [2.05, 4.69) is 29.8 Å². The minimum Gasteiger partial charge on any atom is -0.462 e. The maximum atomic E-state index is 12.6. The quantitative estimate of drug-likeness (QED) is 0.528. The van der Waals surface area contributed by atoms with E-state index in [-0.39, 0.29) is 42.5 Å². The zero-order chi connectivity index (χ0) is 22.3. The van der Waals surface area contributed by atoms with Crippen LogP contribution in [0.2, 0.25) is 0 Å². The Morgan fingerprint density at radius 1 is 1.13 bits per heavy atom. The van der Waals surface area contributed by atoms with Crippen LogP contribution in [-0.4, -0.2) is 38.0 Å². The Kier molecular flexibility index (Phi) is 8.56. The van der Waals surface area contributed by atoms with Gasteiger partial charge in [0, 0.05) is 13.1 Å². The molecule has 30 heavy (non-hydrogen) atoms. The van der Waals surface area contributed by atoms with Crippen molar-refractivity contribution in [2.45, 2.75) is 33.7 Å². The molecule has 2 rings (SSSR count). The number of carbonyl (C=O) groups excluding carboxylic acids is 3. The molecule has 2 amide bonds. The summed E-state index contributed by atoms with van der Waals surface area (Å²) in [7, 11) is 1.52. The topological polar surface area (TPSA) is 96.5 Å². The second kappa shape index (κ2) is 10.9. The maximum Gasteiger partial charge on any atom is 0.341 e. The summed E-state index contributed by atoms with van der Waals surface area (Å²) >= 11 is 1.07. The first kappa shape index (κ1) is 23.6. The van der Waals surface area contributed by atoms with Crippen LogP contribution in [0.4, 0.5) is 5.00 Å². The summed E-state index contributed by atoms with van der Waals surface area (Å²) in [6.45, 7) is 7.81. The summed E-state index contributed by atoms with van der Waals surface area (Å²) in [5, 5.41) is 8.92. The van der Waals surface area contributed by atoms with E-state index in [9.17, 15) is 14.4 Å². The number of hydrogen-bond donors (Lipinski definition) is 3. The van der Waals surface area contributed by atoms with Crippen LogP contribution >= 0.6 is 11.3 Å². The molecule has 1 heterocycles. The van der Waals surface area contributed by atoms with E-state index in [0.29, 0.717) is 15.4 Å². The van der Waals surface area contributed by atoms with Crippen molar-refractivity contribution < 1.29 is 19.1 Å². The second-order valence-electron chi connectivity index (χ2n) is 7.12. The molecule has 0 aliphatic heterocycles. The van der Waals surface area contributed by atoms with E-state index in [1.807, 2.05) is 30.3 Å². The summed E-state index contributed by atoms with van der Waals surface area (Å²) in [4.78, 5) is 37.6. The van der Waals surface area contributed by atoms with Gasteiger partial charge in [0.1, 0.15) is 5.00 Å². The number of hydrogen-bond acceptors (Lipinski definition) is 6. The highest BCUT2D eigenvalue weighted by molar-refractivity contribution is 7.18. The molecule has 0 radical (unpaired) electrons. The summed E-state index contributed by atoms with van der Waals surface area (Å²) in [5.74, 6) is -0.898. The lowest BCUT2D eigenvalue weighted by Gasteiger charge is -2.22. The lowest BCUT2D eigenvalue weighted by molar-refractivity contribution is -0.115. The van der Waals surface area contributed by atoms with Gasteiger partial charge in [-0.25, -0.2) is 4.79 Å². The molecule has 1 aromatic carbocycles. The molecule has 7 nitrogen and oxygen atoms in total. The molecular weight excluding hydrogens is 402 g/mol. The van der Waals surface area contributed by atoms with E-state index in [0.717, 1.165) is 16.9 Å². The minimum atomic E-state index is -0.561. The first-order valence-electron chi connectivity index (χ1n) is 9.90. The molecule has 0 spiro atoms. The molecule has 1 aromatic heterocycles. The molecule has 8 heteroatoms. The molecule has 3 N–H and O–H groups in total. The zero-order valence-electron chi connectivity index (χ0n) is 18.0. The molecule has 0 aliphatic carbocycles. The number of rotatable bonds is 9. The molecule has 0 bridgehead atoms. The minimum absolute atomic E-state index is 0.00739. The molecule has 0 unspecified atom stereocenters. The van der Waals surface area contributed by atoms with E-state index < -0.39 is 5.97 Å². The first-order chi connectivity index (χ1) is 14.3. The number of benzene rings is 1. The molecule has 0 saturated heterocycles. The Bertz CT molecular complexity index is 893. The van der Waals surface area contributed by atoms with Gasteiger partial charge in [0.25, 0.3) is 5.91 Å². The van der Waals surface area contributed by atoms with Crippen molar-refractivity contribution in [2.75, 3.05) is 25.5 Å². The van der Waals surface area contributed by atoms with E-state index in [1.54, 1.807) is 13.8 Å². The average molecular weight is 432 g/mol. The van der Waals surface area contributed by atoms with Crippen molar-refractivity contribution in [1.29, 1.82) is 0 Å². The van der Waals surface area contributed by atoms with Crippen molar-refractivity contribution in [3.63, 3.8) is 0 Å². The molecule has 162 valence electrons. The van der Waals surface area contributed by atoms with Gasteiger partial charge in [-0.2, -0.15) is 0 Å². The summed E-state index contributed by atoms with van der Waals surface area (Å²) in [6, 6.07) is 9.93. The van der Waals surface area contributed by atoms with Gasteiger partial charge in [-0.3, -0.25) is 9.59 Å². The number of esters is 1. The SMILES string of the molecule is CCOC(=O)c1c(NC(=O)CN[C@H](c2ccccc2)C(C)C)sc(C(=O)NC)c1C. The third-order valence-electron chi connectivity index (χ3n) is 4.62. The maximum absolute atomic E-state index is 12.6. The van der Waals surface area contributed by atoms with Crippen LogP contribution in [0.25, 0.3) is 0 Å². The Labute approximate surface area is 181 Å². The van der Waals surface area contributed by atoms with Crippen molar-refractivity contribution in [2.24, 2.45) is 5.92 Å². The number of ether oxygens (including phenoxy) is 1. The summed E-state index contributed by atoms with van der Waals surface area (Å²) in [5.41, 5.74) is 1.81. The molecule has 0 aliphatic rings. The zero-order valence-corrected chi connectivity index (χ0v) is 18.8. The predicted octanol–water partition coefficient (Wildman–Crippen LogP) is 3.52. The Hall–Kier alpha value is -2.71. The van der Waals surface area contributed by atoms with Crippen molar-refractivity contribution in [3.8, 4) is 0 Å². The smallest absolute Gasteiger partial charge is 0.341 e. The Morgan fingerprint density at radius 3 is 2.37 bits per heavy atom. The molecule has 2 aromatic rings. The van der Waals surface area contributed by atoms with Crippen LogP contribution in [0.1, 0.15) is 58.0 Å². The standard InChI is InChI=1S/C22H29N3O4S/c1-6-29-22(28)17-14(4)19(20(27)23-5)30-21(17)25-16(26)12-24-18(13(2)3)15-10-8-7-9-11-15/h7-11,13,18,24H,6,12H2,1-5H3,(H,23,27)(H,25,26)/t18-/m0/s1. The van der Waals surface area contributed by atoms with Gasteiger partial charge in [-0.15, -0.1) is 11.3 Å². The third kappa shape index (κ3) is 5.67. The highest BCUT2D eigenvalue weighted by Gasteiger charge is 2.26. The predicted molar refractivity (Wildman–Crippen MR) is 119 cm³/mol. The van der Waals surface area contributed by atoms with Crippen molar-refractivity contribution in [1.82, 2.24) is 10.6 Å². The van der Waals surface area contributed by atoms with Gasteiger partial charge >= 0.3 is 5.97 Å². The van der Waals surface area contributed by atoms with Gasteiger partial charge < -0.3 is 20.7 Å². The van der Waals surface area contributed by atoms with Crippen molar-refractivity contribution >= 4 is 34.1 Å². The largest absolute Gasteiger partial charge is 0.462 e. The van der Waals surface area contributed by atoms with Gasteiger partial charge in [0.05, 0.1) is 23.6 Å². The van der Waals surface area contributed by atoms with Gasteiger partial charge in [0.2, 0.25) is 5.91 Å². The monoisotopic (exact) mass is 431 g/mol. The van der Waals surface area contributed by atoms with E-state index in [4.69, 9.17) is 4.74 Å². The van der Waals surface area contributed by atoms with Crippen LogP contribution in [0.5, 0.6) is 0 Å². The first-order valence-corrected chi connectivity index (χ1v) is 10.7. The fraction of sp³-hybridized carbons (Fsp3) is 0.409. The molecule has 1 atom stereocenters. The van der Waals surface area contributed by atoms with Crippen LogP contribution < -0.4 is 16.0 Å². The highest BCUT2D eigenvalue weighted by Crippen LogP contribution is 2.33. The number of carbonyl (C=O) groups is 3. The van der Waals surface area contributed by atoms with Crippen LogP contribution in [-0.2, 0) is 9.53 Å².